The second-order valence-electron chi connectivity index (χ2n) is 6.26. The molecule has 1 saturated heterocycles. The molecule has 0 unspecified atom stereocenters. The highest BCUT2D eigenvalue weighted by molar-refractivity contribution is 7.11. The highest BCUT2D eigenvalue weighted by Crippen LogP contribution is 2.18. The Morgan fingerprint density at radius 3 is 2.88 bits per heavy atom. The number of hydrogen-bond acceptors (Lipinski definition) is 5. The van der Waals surface area contributed by atoms with Gasteiger partial charge >= 0.3 is 0 Å². The minimum atomic E-state index is -0.107. The second kappa shape index (κ2) is 9.13. The maximum absolute atomic E-state index is 12.3. The average Bonchev–Trinajstić information content (AvgIpc) is 2.90. The normalized spacial score (nSPS) is 17.8. The number of ether oxygens (including phenoxy) is 1. The molecule has 134 valence electrons. The zero-order chi connectivity index (χ0) is 17.5. The number of carbonyl (C=O) groups is 2. The van der Waals surface area contributed by atoms with Crippen LogP contribution in [0.2, 0.25) is 0 Å². The van der Waals surface area contributed by atoms with Crippen molar-refractivity contribution in [3.63, 3.8) is 0 Å². The first-order valence-corrected chi connectivity index (χ1v) is 9.30. The smallest absolute Gasteiger partial charge is 0.248 e. The average molecular weight is 353 g/mol. The number of nitrogens with one attached hydrogen (secondary N) is 1. The van der Waals surface area contributed by atoms with E-state index < -0.39 is 0 Å². The van der Waals surface area contributed by atoms with Crippen LogP contribution in [-0.4, -0.2) is 55.0 Å². The maximum atomic E-state index is 12.3. The molecule has 1 aliphatic heterocycles. The number of nitrogens with zero attached hydrogens (tertiary/aromatic N) is 2. The zero-order valence-corrected chi connectivity index (χ0v) is 15.6. The van der Waals surface area contributed by atoms with Crippen molar-refractivity contribution in [2.45, 2.75) is 39.5 Å². The molecule has 2 amide bonds. The summed E-state index contributed by atoms with van der Waals surface area (Å²) in [5.74, 6) is -0.0927. The van der Waals surface area contributed by atoms with Gasteiger partial charge in [0.15, 0.2) is 0 Å². The summed E-state index contributed by atoms with van der Waals surface area (Å²) in [6, 6.07) is 0. The van der Waals surface area contributed by atoms with Crippen LogP contribution >= 0.6 is 11.3 Å². The van der Waals surface area contributed by atoms with Gasteiger partial charge in [0, 0.05) is 38.0 Å². The highest BCUT2D eigenvalue weighted by Gasteiger charge is 2.27. The summed E-state index contributed by atoms with van der Waals surface area (Å²) in [6.45, 7) is 6.06. The molecule has 0 aromatic carbocycles. The fourth-order valence-electron chi connectivity index (χ4n) is 2.87. The van der Waals surface area contributed by atoms with Crippen LogP contribution in [0.25, 0.3) is 0 Å². The number of carbonyl (C=O) groups excluding carboxylic acids is 2. The number of thiazole rings is 1. The second-order valence-corrected chi connectivity index (χ2v) is 7.54. The van der Waals surface area contributed by atoms with Gasteiger partial charge in [-0.3, -0.25) is 9.59 Å². The fraction of sp³-hybridized carbons (Fsp3) is 0.706. The van der Waals surface area contributed by atoms with E-state index in [2.05, 4.69) is 17.2 Å². The summed E-state index contributed by atoms with van der Waals surface area (Å²) >= 11 is 1.73. The van der Waals surface area contributed by atoms with Crippen molar-refractivity contribution in [3.05, 3.63) is 15.6 Å². The van der Waals surface area contributed by atoms with Crippen LogP contribution in [0.5, 0.6) is 0 Å². The van der Waals surface area contributed by atoms with Crippen molar-refractivity contribution >= 4 is 23.2 Å². The fourth-order valence-corrected chi connectivity index (χ4v) is 3.85. The van der Waals surface area contributed by atoms with Crippen LogP contribution in [0.3, 0.4) is 0 Å². The van der Waals surface area contributed by atoms with E-state index in [1.807, 2.05) is 6.92 Å². The quantitative estimate of drug-likeness (QED) is 0.757. The minimum absolute atomic E-state index is 0.0375. The molecule has 1 fully saturated rings. The van der Waals surface area contributed by atoms with Gasteiger partial charge in [0.05, 0.1) is 16.6 Å². The lowest BCUT2D eigenvalue weighted by Crippen LogP contribution is -2.46. The van der Waals surface area contributed by atoms with E-state index in [0.717, 1.165) is 36.4 Å². The first kappa shape index (κ1) is 18.9. The molecule has 1 aliphatic rings. The van der Waals surface area contributed by atoms with Gasteiger partial charge in [0.2, 0.25) is 11.8 Å². The Morgan fingerprint density at radius 2 is 2.21 bits per heavy atom. The molecule has 1 aromatic heterocycles. The van der Waals surface area contributed by atoms with Crippen LogP contribution < -0.4 is 5.32 Å². The third-order valence-corrected chi connectivity index (χ3v) is 5.48. The molecule has 1 N–H and O–H groups in total. The Morgan fingerprint density at radius 1 is 1.42 bits per heavy atom. The Bertz CT molecular complexity index is 554. The lowest BCUT2D eigenvalue weighted by Gasteiger charge is -2.31. The van der Waals surface area contributed by atoms with Gasteiger partial charge in [-0.1, -0.05) is 0 Å². The van der Waals surface area contributed by atoms with Gasteiger partial charge in [-0.15, -0.1) is 11.3 Å². The molecule has 0 bridgehead atoms. The number of rotatable bonds is 7. The van der Waals surface area contributed by atoms with Crippen molar-refractivity contribution < 1.29 is 14.3 Å². The lowest BCUT2D eigenvalue weighted by atomic mass is 9.97. The van der Waals surface area contributed by atoms with Crippen LogP contribution in [0.15, 0.2) is 0 Å². The lowest BCUT2D eigenvalue weighted by molar-refractivity contribution is -0.138. The summed E-state index contributed by atoms with van der Waals surface area (Å²) in [5, 5.41) is 4.14. The highest BCUT2D eigenvalue weighted by atomic mass is 32.1. The topological polar surface area (TPSA) is 71.5 Å². The number of piperidine rings is 1. The maximum Gasteiger partial charge on any atom is 0.248 e. The SMILES string of the molecule is COCC(=O)N1CCC[C@H](C(=O)NCCCc2nc(C)c(C)s2)C1. The first-order chi connectivity index (χ1) is 11.5. The molecule has 0 spiro atoms. The Balaban J connectivity index is 1.70. The van der Waals surface area contributed by atoms with Gasteiger partial charge < -0.3 is 15.0 Å². The van der Waals surface area contributed by atoms with Crippen LogP contribution in [0.1, 0.15) is 34.8 Å². The molecule has 0 radical (unpaired) electrons. The van der Waals surface area contributed by atoms with E-state index in [-0.39, 0.29) is 24.3 Å². The van der Waals surface area contributed by atoms with Gasteiger partial charge in [0.25, 0.3) is 0 Å². The Hall–Kier alpha value is -1.47. The van der Waals surface area contributed by atoms with E-state index >= 15 is 0 Å². The zero-order valence-electron chi connectivity index (χ0n) is 14.8. The largest absolute Gasteiger partial charge is 0.375 e. The van der Waals surface area contributed by atoms with E-state index in [9.17, 15) is 9.59 Å². The molecule has 6 nitrogen and oxygen atoms in total. The molecule has 0 saturated carbocycles. The van der Waals surface area contributed by atoms with Gasteiger partial charge in [-0.2, -0.15) is 0 Å². The van der Waals surface area contributed by atoms with Crippen LogP contribution in [0.4, 0.5) is 0 Å². The predicted molar refractivity (Wildman–Crippen MR) is 94.1 cm³/mol. The summed E-state index contributed by atoms with van der Waals surface area (Å²) in [4.78, 5) is 31.7. The van der Waals surface area contributed by atoms with E-state index in [4.69, 9.17) is 4.74 Å². The van der Waals surface area contributed by atoms with Crippen LogP contribution in [0, 0.1) is 19.8 Å². The van der Waals surface area contributed by atoms with Gasteiger partial charge in [0.1, 0.15) is 6.61 Å². The van der Waals surface area contributed by atoms with Crippen molar-refractivity contribution in [2.24, 2.45) is 5.92 Å². The summed E-state index contributed by atoms with van der Waals surface area (Å²) in [7, 11) is 1.51. The Labute approximate surface area is 147 Å². The number of aromatic nitrogens is 1. The number of hydrogen-bond donors (Lipinski definition) is 1. The molecular weight excluding hydrogens is 326 g/mol. The number of methoxy groups -OCH3 is 1. The van der Waals surface area contributed by atoms with E-state index in [1.54, 1.807) is 16.2 Å². The van der Waals surface area contributed by atoms with Crippen LogP contribution in [-0.2, 0) is 20.7 Å². The minimum Gasteiger partial charge on any atom is -0.375 e. The number of amides is 2. The van der Waals surface area contributed by atoms with Gasteiger partial charge in [-0.25, -0.2) is 4.98 Å². The molecule has 1 aromatic rings. The monoisotopic (exact) mass is 353 g/mol. The molecule has 24 heavy (non-hydrogen) atoms. The van der Waals surface area contributed by atoms with Crippen molar-refractivity contribution in [1.82, 2.24) is 15.2 Å². The predicted octanol–water partition coefficient (Wildman–Crippen LogP) is 1.69. The molecule has 1 atom stereocenters. The van der Waals surface area contributed by atoms with Crippen molar-refractivity contribution in [1.29, 1.82) is 0 Å². The Kier molecular flexibility index (Phi) is 7.17. The summed E-state index contributed by atoms with van der Waals surface area (Å²) < 4.78 is 4.89. The third kappa shape index (κ3) is 5.27. The standard InChI is InChI=1S/C17H27N3O3S/c1-12-13(2)24-15(19-12)7-4-8-18-17(22)14-6-5-9-20(10-14)16(21)11-23-3/h14H,4-11H2,1-3H3,(H,18,22)/t14-/m0/s1. The molecule has 7 heteroatoms. The van der Waals surface area contributed by atoms with E-state index in [1.165, 1.54) is 12.0 Å². The summed E-state index contributed by atoms with van der Waals surface area (Å²) in [5.41, 5.74) is 1.10. The molecule has 2 heterocycles. The molecule has 2 rings (SSSR count). The van der Waals surface area contributed by atoms with Gasteiger partial charge in [-0.05, 0) is 33.1 Å². The summed E-state index contributed by atoms with van der Waals surface area (Å²) in [6.07, 6.45) is 3.48. The molecule has 0 aliphatic carbocycles. The van der Waals surface area contributed by atoms with E-state index in [0.29, 0.717) is 19.6 Å². The number of likely N-dealkylation sites (tertiary alicyclic amines) is 1. The first-order valence-electron chi connectivity index (χ1n) is 8.48. The van der Waals surface area contributed by atoms with Crippen molar-refractivity contribution in [3.8, 4) is 0 Å². The van der Waals surface area contributed by atoms with Crippen molar-refractivity contribution in [2.75, 3.05) is 33.4 Å². The number of aryl methyl sites for hydroxylation is 3. The molecular formula is C17H27N3O3S. The third-order valence-electron chi connectivity index (χ3n) is 4.35.